The van der Waals surface area contributed by atoms with Crippen LogP contribution >= 0.6 is 15.9 Å². The van der Waals surface area contributed by atoms with E-state index in [1.54, 1.807) is 0 Å². The van der Waals surface area contributed by atoms with E-state index in [1.165, 1.54) is 44.2 Å². The van der Waals surface area contributed by atoms with E-state index in [4.69, 9.17) is 4.74 Å². The van der Waals surface area contributed by atoms with Crippen molar-refractivity contribution in [1.82, 2.24) is 0 Å². The van der Waals surface area contributed by atoms with Crippen LogP contribution in [-0.4, -0.2) is 0 Å². The van der Waals surface area contributed by atoms with Crippen LogP contribution in [0.5, 0.6) is 11.5 Å². The first-order valence-electron chi connectivity index (χ1n) is 11.9. The van der Waals surface area contributed by atoms with Crippen LogP contribution in [0, 0.1) is 0 Å². The normalized spacial score (nSPS) is 14.3. The van der Waals surface area contributed by atoms with Gasteiger partial charge in [0.15, 0.2) is 0 Å². The average molecular weight is 511 g/mol. The van der Waals surface area contributed by atoms with E-state index < -0.39 is 5.41 Å². The van der Waals surface area contributed by atoms with E-state index in [9.17, 15) is 0 Å². The van der Waals surface area contributed by atoms with Crippen molar-refractivity contribution in [1.29, 1.82) is 0 Å². The molecule has 1 aliphatic carbocycles. The molecular formula is C33H19BrO. The molecule has 2 heteroatoms. The van der Waals surface area contributed by atoms with Crippen LogP contribution in [0.15, 0.2) is 120 Å². The molecule has 35 heavy (non-hydrogen) atoms. The molecule has 1 nitrogen and oxygen atoms in total. The summed E-state index contributed by atoms with van der Waals surface area (Å²) in [6.45, 7) is 0. The quantitative estimate of drug-likeness (QED) is 0.197. The van der Waals surface area contributed by atoms with Gasteiger partial charge in [-0.3, -0.25) is 0 Å². The predicted molar refractivity (Wildman–Crippen MR) is 147 cm³/mol. The highest BCUT2D eigenvalue weighted by Crippen LogP contribution is 2.64. The van der Waals surface area contributed by atoms with E-state index in [-0.39, 0.29) is 0 Å². The van der Waals surface area contributed by atoms with Gasteiger partial charge < -0.3 is 4.74 Å². The second kappa shape index (κ2) is 6.84. The Bertz CT molecular complexity index is 1760. The number of halogens is 1. The molecule has 0 radical (unpaired) electrons. The molecule has 0 bridgehead atoms. The molecule has 164 valence electrons. The van der Waals surface area contributed by atoms with Gasteiger partial charge >= 0.3 is 0 Å². The van der Waals surface area contributed by atoms with Gasteiger partial charge in [0.25, 0.3) is 0 Å². The molecule has 0 unspecified atom stereocenters. The summed E-state index contributed by atoms with van der Waals surface area (Å²) in [5, 5.41) is 4.66. The summed E-state index contributed by atoms with van der Waals surface area (Å²) in [5.41, 5.74) is 7.07. The van der Waals surface area contributed by atoms with Gasteiger partial charge in [0.05, 0.1) is 5.41 Å². The summed E-state index contributed by atoms with van der Waals surface area (Å²) in [6, 6.07) is 41.6. The zero-order valence-corrected chi connectivity index (χ0v) is 20.3. The van der Waals surface area contributed by atoms with Crippen molar-refractivity contribution in [3.05, 3.63) is 142 Å². The fraction of sp³-hybridized carbons (Fsp3) is 0.0303. The molecule has 1 aliphatic heterocycles. The van der Waals surface area contributed by atoms with E-state index >= 15 is 0 Å². The van der Waals surface area contributed by atoms with Crippen molar-refractivity contribution >= 4 is 37.5 Å². The molecule has 0 saturated heterocycles. The van der Waals surface area contributed by atoms with Crippen LogP contribution in [0.25, 0.3) is 32.7 Å². The molecule has 6 aromatic carbocycles. The van der Waals surface area contributed by atoms with Crippen LogP contribution < -0.4 is 4.74 Å². The van der Waals surface area contributed by atoms with Gasteiger partial charge in [-0.25, -0.2) is 0 Å². The summed E-state index contributed by atoms with van der Waals surface area (Å²) in [5.74, 6) is 1.91. The van der Waals surface area contributed by atoms with Gasteiger partial charge in [-0.05, 0) is 33.5 Å². The average Bonchev–Trinajstić information content (AvgIpc) is 3.21. The Balaban J connectivity index is 1.64. The molecule has 0 N–H and O–H groups in total. The van der Waals surface area contributed by atoms with Crippen molar-refractivity contribution in [2.75, 3.05) is 0 Å². The van der Waals surface area contributed by atoms with Crippen LogP contribution in [0.2, 0.25) is 0 Å². The highest BCUT2D eigenvalue weighted by atomic mass is 79.9. The maximum absolute atomic E-state index is 6.94. The minimum Gasteiger partial charge on any atom is -0.455 e. The highest BCUT2D eigenvalue weighted by Gasteiger charge is 2.52. The molecule has 0 aromatic heterocycles. The van der Waals surface area contributed by atoms with Gasteiger partial charge in [0.1, 0.15) is 11.5 Å². The lowest BCUT2D eigenvalue weighted by atomic mass is 9.65. The van der Waals surface area contributed by atoms with E-state index in [0.29, 0.717) is 0 Å². The maximum Gasteiger partial charge on any atom is 0.140 e. The molecule has 1 spiro atoms. The summed E-state index contributed by atoms with van der Waals surface area (Å²) in [7, 11) is 0. The minimum absolute atomic E-state index is 0.466. The number of hydrogen-bond acceptors (Lipinski definition) is 1. The first kappa shape index (κ1) is 19.4. The summed E-state index contributed by atoms with van der Waals surface area (Å²) in [4.78, 5) is 0. The van der Waals surface area contributed by atoms with Gasteiger partial charge in [-0.1, -0.05) is 125 Å². The smallest absolute Gasteiger partial charge is 0.140 e. The third-order valence-electron chi connectivity index (χ3n) is 7.79. The summed E-state index contributed by atoms with van der Waals surface area (Å²) in [6.07, 6.45) is 0. The Morgan fingerprint density at radius 3 is 1.74 bits per heavy atom. The number of fused-ring (bicyclic) bond motifs is 13. The number of rotatable bonds is 0. The fourth-order valence-electron chi connectivity index (χ4n) is 6.41. The lowest BCUT2D eigenvalue weighted by molar-refractivity contribution is 0.447. The van der Waals surface area contributed by atoms with Gasteiger partial charge in [-0.15, -0.1) is 0 Å². The summed E-state index contributed by atoms with van der Waals surface area (Å²) >= 11 is 3.90. The van der Waals surface area contributed by atoms with E-state index in [2.05, 4.69) is 131 Å². The van der Waals surface area contributed by atoms with Crippen molar-refractivity contribution in [3.8, 4) is 22.6 Å². The second-order valence-electron chi connectivity index (χ2n) is 9.39. The van der Waals surface area contributed by atoms with Crippen molar-refractivity contribution in [3.63, 3.8) is 0 Å². The minimum atomic E-state index is -0.466. The third kappa shape index (κ3) is 2.33. The lowest BCUT2D eigenvalue weighted by Gasteiger charge is -2.40. The van der Waals surface area contributed by atoms with Crippen molar-refractivity contribution in [2.45, 2.75) is 5.41 Å². The van der Waals surface area contributed by atoms with Gasteiger partial charge in [0.2, 0.25) is 0 Å². The largest absolute Gasteiger partial charge is 0.455 e. The molecule has 0 fully saturated rings. The number of hydrogen-bond donors (Lipinski definition) is 0. The first-order valence-corrected chi connectivity index (χ1v) is 12.7. The maximum atomic E-state index is 6.94. The Kier molecular flexibility index (Phi) is 3.80. The van der Waals surface area contributed by atoms with Crippen LogP contribution in [0.1, 0.15) is 22.3 Å². The first-order chi connectivity index (χ1) is 17.3. The van der Waals surface area contributed by atoms with Crippen molar-refractivity contribution < 1.29 is 4.74 Å². The van der Waals surface area contributed by atoms with E-state index in [0.717, 1.165) is 26.7 Å². The van der Waals surface area contributed by atoms with Crippen LogP contribution in [0.4, 0.5) is 0 Å². The zero-order chi connectivity index (χ0) is 23.1. The monoisotopic (exact) mass is 510 g/mol. The Morgan fingerprint density at radius 2 is 1.06 bits per heavy atom. The Hall–Kier alpha value is -3.88. The van der Waals surface area contributed by atoms with Gasteiger partial charge in [-0.2, -0.15) is 0 Å². The van der Waals surface area contributed by atoms with Crippen LogP contribution in [0.3, 0.4) is 0 Å². The number of ether oxygens (including phenoxy) is 1. The molecule has 0 amide bonds. The van der Waals surface area contributed by atoms with Crippen molar-refractivity contribution in [2.24, 2.45) is 0 Å². The topological polar surface area (TPSA) is 9.23 Å². The molecule has 6 aromatic rings. The zero-order valence-electron chi connectivity index (χ0n) is 18.8. The SMILES string of the molecule is Brc1cccc2c1-c1ccccc1C21c2ccc3ccccc3c2Oc2c1ccc1ccccc21. The fourth-order valence-corrected chi connectivity index (χ4v) is 6.99. The summed E-state index contributed by atoms with van der Waals surface area (Å²) < 4.78 is 8.06. The lowest BCUT2D eigenvalue weighted by Crippen LogP contribution is -2.32. The highest BCUT2D eigenvalue weighted by molar-refractivity contribution is 9.10. The third-order valence-corrected chi connectivity index (χ3v) is 8.45. The molecule has 1 heterocycles. The molecule has 0 atom stereocenters. The molecule has 2 aliphatic rings. The predicted octanol–water partition coefficient (Wildman–Crippen LogP) is 9.22. The number of benzene rings is 6. The Labute approximate surface area is 211 Å². The molecule has 8 rings (SSSR count). The van der Waals surface area contributed by atoms with E-state index in [1.807, 2.05) is 0 Å². The second-order valence-corrected chi connectivity index (χ2v) is 10.2. The van der Waals surface area contributed by atoms with Gasteiger partial charge in [0, 0.05) is 31.9 Å². The molecular weight excluding hydrogens is 492 g/mol. The standard InChI is InChI=1S/C33H19BrO/c34-29-15-7-14-26-30(29)24-12-5-6-13-25(24)33(26)27-18-16-20-8-1-3-10-22(20)31(27)35-32-23-11-4-2-9-21(23)17-19-28(32)33/h1-19H. The Morgan fingerprint density at radius 1 is 0.486 bits per heavy atom. The molecule has 0 saturated carbocycles. The van der Waals surface area contributed by atoms with Crippen LogP contribution in [-0.2, 0) is 5.41 Å².